The van der Waals surface area contributed by atoms with Gasteiger partial charge in [0, 0.05) is 18.2 Å². The quantitative estimate of drug-likeness (QED) is 0.846. The van der Waals surface area contributed by atoms with Gasteiger partial charge < -0.3 is 19.7 Å². The van der Waals surface area contributed by atoms with E-state index in [1.807, 2.05) is 0 Å². The number of hydrogen-bond donors (Lipinski definition) is 2. The van der Waals surface area contributed by atoms with Gasteiger partial charge in [0.15, 0.2) is 11.5 Å². The number of ether oxygens (including phenoxy) is 2. The summed E-state index contributed by atoms with van der Waals surface area (Å²) in [6.45, 7) is 2.58. The largest absolute Gasteiger partial charge is 0.504 e. The van der Waals surface area contributed by atoms with E-state index in [0.29, 0.717) is 18.4 Å². The van der Waals surface area contributed by atoms with Crippen LogP contribution >= 0.6 is 0 Å². The van der Waals surface area contributed by atoms with Gasteiger partial charge in [-0.05, 0) is 62.6 Å². The summed E-state index contributed by atoms with van der Waals surface area (Å²) >= 11 is 0. The summed E-state index contributed by atoms with van der Waals surface area (Å²) in [5.41, 5.74) is 0.926. The second-order valence-corrected chi connectivity index (χ2v) is 9.61. The second kappa shape index (κ2) is 4.23. The zero-order valence-electron chi connectivity index (χ0n) is 14.9. The molecule has 8 rings (SSSR count). The normalized spacial score (nSPS) is 47.6. The van der Waals surface area contributed by atoms with Crippen molar-refractivity contribution in [1.29, 1.82) is 0 Å². The van der Waals surface area contributed by atoms with Gasteiger partial charge in [0.2, 0.25) is 0 Å². The van der Waals surface area contributed by atoms with Crippen LogP contribution in [0, 0.1) is 5.92 Å². The van der Waals surface area contributed by atoms with Crippen LogP contribution in [0.4, 0.5) is 0 Å². The molecule has 0 unspecified atom stereocenters. The van der Waals surface area contributed by atoms with Gasteiger partial charge in [-0.15, -0.1) is 0 Å². The fraction of sp³-hybridized carbons (Fsp3) is 0.714. The molecule has 3 saturated heterocycles. The lowest BCUT2D eigenvalue weighted by Crippen LogP contribution is -2.84. The number of benzene rings is 1. The standard InChI is InChI=1S/C21H25NO4/c23-14-4-3-13-9-15-21-6-5-19(24,11-25-21)18-20(21,16(13)17(14)26-18)7-8-22(15)10-12-1-2-12/h3-4,12,15,18,23-24H,1-2,5-11H2/t15-,18+,19+,20+,21-/m1/s1. The Hall–Kier alpha value is -1.30. The Morgan fingerprint density at radius 3 is 2.85 bits per heavy atom. The summed E-state index contributed by atoms with van der Waals surface area (Å²) in [5, 5.41) is 21.9. The molecule has 2 saturated carbocycles. The maximum absolute atomic E-state index is 11.4. The van der Waals surface area contributed by atoms with Gasteiger partial charge in [-0.25, -0.2) is 0 Å². The van der Waals surface area contributed by atoms with Crippen LogP contribution in [-0.4, -0.2) is 58.2 Å². The molecule has 4 aliphatic heterocycles. The number of aliphatic hydroxyl groups is 1. The number of phenolic OH excluding ortho intramolecular Hbond substituents is 1. The molecule has 0 aromatic heterocycles. The first-order valence-corrected chi connectivity index (χ1v) is 10.2. The van der Waals surface area contributed by atoms with Crippen molar-refractivity contribution in [2.45, 2.75) is 67.3 Å². The fourth-order valence-electron chi connectivity index (χ4n) is 7.25. The smallest absolute Gasteiger partial charge is 0.165 e. The molecule has 5 fully saturated rings. The number of piperidine rings is 1. The minimum absolute atomic E-state index is 0.213. The summed E-state index contributed by atoms with van der Waals surface area (Å²) in [7, 11) is 0. The Morgan fingerprint density at radius 1 is 1.19 bits per heavy atom. The molecular weight excluding hydrogens is 330 g/mol. The Morgan fingerprint density at radius 2 is 2.08 bits per heavy atom. The number of aromatic hydroxyl groups is 1. The van der Waals surface area contributed by atoms with Gasteiger partial charge in [-0.2, -0.15) is 0 Å². The molecule has 2 spiro atoms. The van der Waals surface area contributed by atoms with Crippen molar-refractivity contribution in [3.8, 4) is 11.5 Å². The zero-order valence-corrected chi connectivity index (χ0v) is 14.9. The first-order valence-electron chi connectivity index (χ1n) is 10.2. The van der Waals surface area contributed by atoms with Crippen molar-refractivity contribution in [3.63, 3.8) is 0 Å². The number of fused-ring (bicyclic) bond motifs is 2. The van der Waals surface area contributed by atoms with Crippen molar-refractivity contribution in [2.24, 2.45) is 5.92 Å². The minimum Gasteiger partial charge on any atom is -0.504 e. The first-order chi connectivity index (χ1) is 12.6. The molecule has 4 bridgehead atoms. The van der Waals surface area contributed by atoms with Crippen molar-refractivity contribution in [1.82, 2.24) is 4.90 Å². The van der Waals surface area contributed by atoms with E-state index in [0.717, 1.165) is 43.7 Å². The van der Waals surface area contributed by atoms with Crippen LogP contribution in [0.3, 0.4) is 0 Å². The third-order valence-corrected chi connectivity index (χ3v) is 8.48. The van der Waals surface area contributed by atoms with Crippen LogP contribution in [0.5, 0.6) is 11.5 Å². The summed E-state index contributed by atoms with van der Waals surface area (Å²) in [6, 6.07) is 4.21. The molecule has 0 amide bonds. The van der Waals surface area contributed by atoms with Crippen LogP contribution in [0.2, 0.25) is 0 Å². The molecule has 4 heterocycles. The Balaban J connectivity index is 1.49. The van der Waals surface area contributed by atoms with Crippen LogP contribution < -0.4 is 4.74 Å². The highest BCUT2D eigenvalue weighted by molar-refractivity contribution is 5.63. The van der Waals surface area contributed by atoms with E-state index < -0.39 is 5.60 Å². The van der Waals surface area contributed by atoms with Crippen LogP contribution in [0.15, 0.2) is 12.1 Å². The topological polar surface area (TPSA) is 62.2 Å². The summed E-state index contributed by atoms with van der Waals surface area (Å²) in [5.74, 6) is 1.69. The fourth-order valence-corrected chi connectivity index (χ4v) is 7.25. The SMILES string of the molecule is Oc1ccc2c3c1O[C@H]1[C@]4(O)CC[C@@]5(OC4)[C@@H](C2)N(CC2CC2)CC[C@]315. The van der Waals surface area contributed by atoms with Crippen molar-refractivity contribution in [3.05, 3.63) is 23.3 Å². The molecule has 5 nitrogen and oxygen atoms in total. The molecule has 1 aromatic rings. The predicted molar refractivity (Wildman–Crippen MR) is 93.5 cm³/mol. The zero-order chi connectivity index (χ0) is 17.3. The van der Waals surface area contributed by atoms with Gasteiger partial charge in [0.05, 0.1) is 17.6 Å². The van der Waals surface area contributed by atoms with Crippen LogP contribution in [-0.2, 0) is 16.6 Å². The van der Waals surface area contributed by atoms with Gasteiger partial charge in [0.25, 0.3) is 0 Å². The number of nitrogens with zero attached hydrogens (tertiary/aromatic N) is 1. The van der Waals surface area contributed by atoms with Crippen molar-refractivity contribution < 1.29 is 19.7 Å². The molecule has 138 valence electrons. The number of likely N-dealkylation sites (tertiary alicyclic amines) is 1. The van der Waals surface area contributed by atoms with E-state index in [1.54, 1.807) is 6.07 Å². The molecule has 1 aromatic carbocycles. The van der Waals surface area contributed by atoms with Crippen LogP contribution in [0.1, 0.15) is 43.2 Å². The number of rotatable bonds is 2. The van der Waals surface area contributed by atoms with Crippen LogP contribution in [0.25, 0.3) is 0 Å². The molecule has 5 heteroatoms. The third kappa shape index (κ3) is 1.39. The molecule has 2 N–H and O–H groups in total. The highest BCUT2D eigenvalue weighted by Gasteiger charge is 2.79. The Kier molecular flexibility index (Phi) is 2.40. The number of phenols is 1. The minimum atomic E-state index is -0.939. The van der Waals surface area contributed by atoms with Gasteiger partial charge >= 0.3 is 0 Å². The van der Waals surface area contributed by atoms with E-state index in [1.165, 1.54) is 24.9 Å². The maximum atomic E-state index is 11.4. The summed E-state index contributed by atoms with van der Waals surface area (Å²) in [6.07, 6.45) is 5.98. The lowest BCUT2D eigenvalue weighted by atomic mass is 9.45. The van der Waals surface area contributed by atoms with Gasteiger partial charge in [-0.3, -0.25) is 4.90 Å². The van der Waals surface area contributed by atoms with Gasteiger partial charge in [-0.1, -0.05) is 6.07 Å². The van der Waals surface area contributed by atoms with E-state index in [2.05, 4.69) is 11.0 Å². The van der Waals surface area contributed by atoms with Gasteiger partial charge in [0.1, 0.15) is 11.7 Å². The number of hydrogen-bond acceptors (Lipinski definition) is 5. The van der Waals surface area contributed by atoms with Crippen molar-refractivity contribution >= 4 is 0 Å². The lowest BCUT2D eigenvalue weighted by molar-refractivity contribution is -0.323. The average molecular weight is 355 g/mol. The first kappa shape index (κ1) is 14.7. The molecule has 3 aliphatic carbocycles. The van der Waals surface area contributed by atoms with E-state index >= 15 is 0 Å². The third-order valence-electron chi connectivity index (χ3n) is 8.48. The molecule has 5 atom stereocenters. The predicted octanol–water partition coefficient (Wildman–Crippen LogP) is 1.73. The van der Waals surface area contributed by atoms with E-state index in [-0.39, 0.29) is 22.9 Å². The van der Waals surface area contributed by atoms with E-state index in [4.69, 9.17) is 9.47 Å². The summed E-state index contributed by atoms with van der Waals surface area (Å²) < 4.78 is 13.0. The average Bonchev–Trinajstić information content (AvgIpc) is 3.37. The highest BCUT2D eigenvalue weighted by atomic mass is 16.6. The molecule has 26 heavy (non-hydrogen) atoms. The lowest BCUT2D eigenvalue weighted by Gasteiger charge is -2.70. The Bertz CT molecular complexity index is 826. The monoisotopic (exact) mass is 355 g/mol. The Labute approximate surface area is 152 Å². The molecule has 7 aliphatic rings. The van der Waals surface area contributed by atoms with E-state index in [9.17, 15) is 10.2 Å². The maximum Gasteiger partial charge on any atom is 0.165 e. The molecular formula is C21H25NO4. The highest BCUT2D eigenvalue weighted by Crippen LogP contribution is 2.70. The molecule has 0 radical (unpaired) electrons. The van der Waals surface area contributed by atoms with Crippen molar-refractivity contribution in [2.75, 3.05) is 19.7 Å². The second-order valence-electron chi connectivity index (χ2n) is 9.61. The summed E-state index contributed by atoms with van der Waals surface area (Å²) in [4.78, 5) is 2.68.